The minimum absolute atomic E-state index is 0.0783. The Morgan fingerprint density at radius 2 is 1.90 bits per heavy atom. The molecule has 21 heavy (non-hydrogen) atoms. The van der Waals surface area contributed by atoms with Gasteiger partial charge in [0.25, 0.3) is 5.56 Å². The SMILES string of the molecule is Cn1c(=O)cc(NCCCNS(C)(=O)=O)c2ccccc21. The average Bonchev–Trinajstić information content (AvgIpc) is 2.42. The first-order chi connectivity index (χ1) is 9.88. The summed E-state index contributed by atoms with van der Waals surface area (Å²) < 4.78 is 25.9. The molecule has 0 saturated carbocycles. The molecule has 0 saturated heterocycles. The molecule has 0 spiro atoms. The molecule has 0 bridgehead atoms. The van der Waals surface area contributed by atoms with Crippen molar-refractivity contribution in [3.05, 3.63) is 40.7 Å². The second-order valence-corrected chi connectivity index (χ2v) is 6.75. The molecule has 1 aromatic carbocycles. The fourth-order valence-electron chi connectivity index (χ4n) is 2.13. The van der Waals surface area contributed by atoms with Crippen molar-refractivity contribution in [3.63, 3.8) is 0 Å². The van der Waals surface area contributed by atoms with Gasteiger partial charge in [-0.1, -0.05) is 18.2 Å². The van der Waals surface area contributed by atoms with E-state index in [4.69, 9.17) is 0 Å². The Morgan fingerprint density at radius 3 is 2.62 bits per heavy atom. The molecule has 0 aliphatic rings. The summed E-state index contributed by atoms with van der Waals surface area (Å²) in [5.74, 6) is 0. The van der Waals surface area contributed by atoms with Crippen molar-refractivity contribution in [2.45, 2.75) is 6.42 Å². The quantitative estimate of drug-likeness (QED) is 0.777. The van der Waals surface area contributed by atoms with E-state index in [2.05, 4.69) is 10.0 Å². The predicted octanol–water partition coefficient (Wildman–Crippen LogP) is 0.890. The second-order valence-electron chi connectivity index (χ2n) is 4.92. The molecule has 114 valence electrons. The monoisotopic (exact) mass is 309 g/mol. The molecule has 2 N–H and O–H groups in total. The molecule has 1 heterocycles. The molecule has 2 aromatic rings. The Labute approximate surface area is 123 Å². The van der Waals surface area contributed by atoms with Gasteiger partial charge in [-0.2, -0.15) is 0 Å². The van der Waals surface area contributed by atoms with E-state index in [-0.39, 0.29) is 5.56 Å². The van der Waals surface area contributed by atoms with Crippen molar-refractivity contribution < 1.29 is 8.42 Å². The van der Waals surface area contributed by atoms with Gasteiger partial charge in [0.15, 0.2) is 0 Å². The zero-order valence-electron chi connectivity index (χ0n) is 12.1. The van der Waals surface area contributed by atoms with Crippen LogP contribution in [0.15, 0.2) is 35.1 Å². The summed E-state index contributed by atoms with van der Waals surface area (Å²) in [5.41, 5.74) is 1.56. The Morgan fingerprint density at radius 1 is 1.19 bits per heavy atom. The third kappa shape index (κ3) is 4.05. The fourth-order valence-corrected chi connectivity index (χ4v) is 2.64. The topological polar surface area (TPSA) is 80.2 Å². The summed E-state index contributed by atoms with van der Waals surface area (Å²) in [5, 5.41) is 4.16. The molecule has 0 aliphatic heterocycles. The first-order valence-corrected chi connectivity index (χ1v) is 8.55. The lowest BCUT2D eigenvalue weighted by Crippen LogP contribution is -2.24. The van der Waals surface area contributed by atoms with Crippen molar-refractivity contribution in [1.29, 1.82) is 0 Å². The molecule has 2 rings (SSSR count). The fraction of sp³-hybridized carbons (Fsp3) is 0.357. The Balaban J connectivity index is 2.09. The van der Waals surface area contributed by atoms with Gasteiger partial charge in [0.05, 0.1) is 11.8 Å². The molecule has 0 aliphatic carbocycles. The van der Waals surface area contributed by atoms with Crippen molar-refractivity contribution in [1.82, 2.24) is 9.29 Å². The summed E-state index contributed by atoms with van der Waals surface area (Å²) in [6.45, 7) is 0.953. The number of aromatic nitrogens is 1. The summed E-state index contributed by atoms with van der Waals surface area (Å²) >= 11 is 0. The third-order valence-electron chi connectivity index (χ3n) is 3.19. The van der Waals surface area contributed by atoms with Crippen molar-refractivity contribution in [3.8, 4) is 0 Å². The van der Waals surface area contributed by atoms with Gasteiger partial charge in [-0.3, -0.25) is 4.79 Å². The third-order valence-corrected chi connectivity index (χ3v) is 3.92. The maximum absolute atomic E-state index is 11.9. The van der Waals surface area contributed by atoms with E-state index in [0.29, 0.717) is 19.5 Å². The highest BCUT2D eigenvalue weighted by molar-refractivity contribution is 7.88. The van der Waals surface area contributed by atoms with E-state index < -0.39 is 10.0 Å². The number of nitrogens with one attached hydrogen (secondary N) is 2. The van der Waals surface area contributed by atoms with E-state index in [1.54, 1.807) is 17.7 Å². The van der Waals surface area contributed by atoms with Crippen LogP contribution in [-0.4, -0.2) is 32.3 Å². The second kappa shape index (κ2) is 6.28. The summed E-state index contributed by atoms with van der Waals surface area (Å²) in [6, 6.07) is 9.22. The standard InChI is InChI=1S/C14H19N3O3S/c1-17-13-7-4-3-6-11(13)12(10-14(17)18)15-8-5-9-16-21(2,19)20/h3-4,6-7,10,15-16H,5,8-9H2,1-2H3. The number of aryl methyl sites for hydroxylation is 1. The lowest BCUT2D eigenvalue weighted by Gasteiger charge is -2.12. The van der Waals surface area contributed by atoms with E-state index in [9.17, 15) is 13.2 Å². The van der Waals surface area contributed by atoms with Gasteiger partial charge in [-0.15, -0.1) is 0 Å². The summed E-state index contributed by atoms with van der Waals surface area (Å²) in [7, 11) is -1.41. The molecular weight excluding hydrogens is 290 g/mol. The number of para-hydroxylation sites is 1. The highest BCUT2D eigenvalue weighted by Gasteiger charge is 2.05. The number of hydrogen-bond acceptors (Lipinski definition) is 4. The Hall–Kier alpha value is -1.86. The molecule has 0 fully saturated rings. The van der Waals surface area contributed by atoms with Crippen molar-refractivity contribution in [2.75, 3.05) is 24.7 Å². The lowest BCUT2D eigenvalue weighted by molar-refractivity contribution is 0.586. The van der Waals surface area contributed by atoms with Gasteiger partial charge in [-0.05, 0) is 12.5 Å². The van der Waals surface area contributed by atoms with Crippen LogP contribution in [-0.2, 0) is 17.1 Å². The van der Waals surface area contributed by atoms with E-state index in [0.717, 1.165) is 22.8 Å². The smallest absolute Gasteiger partial charge is 0.252 e. The predicted molar refractivity (Wildman–Crippen MR) is 85.1 cm³/mol. The van der Waals surface area contributed by atoms with Crippen LogP contribution in [0.2, 0.25) is 0 Å². The zero-order valence-corrected chi connectivity index (χ0v) is 12.9. The van der Waals surface area contributed by atoms with Crippen molar-refractivity contribution >= 4 is 26.6 Å². The number of benzene rings is 1. The van der Waals surface area contributed by atoms with Gasteiger partial charge < -0.3 is 9.88 Å². The van der Waals surface area contributed by atoms with E-state index in [1.165, 1.54) is 0 Å². The first-order valence-electron chi connectivity index (χ1n) is 6.66. The molecular formula is C14H19N3O3S. The molecule has 0 radical (unpaired) electrons. The number of pyridine rings is 1. The van der Waals surface area contributed by atoms with Gasteiger partial charge in [0.1, 0.15) is 0 Å². The van der Waals surface area contributed by atoms with E-state index in [1.807, 2.05) is 24.3 Å². The molecule has 1 aromatic heterocycles. The maximum Gasteiger partial charge on any atom is 0.252 e. The maximum atomic E-state index is 11.9. The minimum Gasteiger partial charge on any atom is -0.384 e. The van der Waals surface area contributed by atoms with Gasteiger partial charge in [-0.25, -0.2) is 13.1 Å². The summed E-state index contributed by atoms with van der Waals surface area (Å²) in [6.07, 6.45) is 1.77. The molecule has 0 amide bonds. The first kappa shape index (κ1) is 15.5. The van der Waals surface area contributed by atoms with E-state index >= 15 is 0 Å². The number of fused-ring (bicyclic) bond motifs is 1. The normalized spacial score (nSPS) is 11.7. The van der Waals surface area contributed by atoms with Crippen LogP contribution in [0, 0.1) is 0 Å². The number of sulfonamides is 1. The van der Waals surface area contributed by atoms with Crippen molar-refractivity contribution in [2.24, 2.45) is 7.05 Å². The Kier molecular flexibility index (Phi) is 4.64. The highest BCUT2D eigenvalue weighted by Crippen LogP contribution is 2.20. The van der Waals surface area contributed by atoms with Crippen LogP contribution in [0.4, 0.5) is 5.69 Å². The molecule has 0 atom stereocenters. The van der Waals surface area contributed by atoms with Gasteiger partial charge >= 0.3 is 0 Å². The van der Waals surface area contributed by atoms with Gasteiger partial charge in [0, 0.05) is 37.3 Å². The Bertz CT molecular complexity index is 797. The number of rotatable bonds is 6. The average molecular weight is 309 g/mol. The van der Waals surface area contributed by atoms with Crippen LogP contribution in [0.5, 0.6) is 0 Å². The number of anilines is 1. The van der Waals surface area contributed by atoms with Crippen LogP contribution in [0.3, 0.4) is 0 Å². The molecule has 7 heteroatoms. The summed E-state index contributed by atoms with van der Waals surface area (Å²) in [4.78, 5) is 11.9. The number of hydrogen-bond donors (Lipinski definition) is 2. The molecule has 6 nitrogen and oxygen atoms in total. The van der Waals surface area contributed by atoms with Crippen LogP contribution in [0.25, 0.3) is 10.9 Å². The largest absolute Gasteiger partial charge is 0.384 e. The van der Waals surface area contributed by atoms with Gasteiger partial charge in [0.2, 0.25) is 10.0 Å². The minimum atomic E-state index is -3.15. The van der Waals surface area contributed by atoms with Crippen LogP contribution < -0.4 is 15.6 Å². The lowest BCUT2D eigenvalue weighted by atomic mass is 10.2. The van der Waals surface area contributed by atoms with Crippen LogP contribution in [0.1, 0.15) is 6.42 Å². The molecule has 0 unspecified atom stereocenters. The zero-order chi connectivity index (χ0) is 15.5. The highest BCUT2D eigenvalue weighted by atomic mass is 32.2. The number of nitrogens with zero attached hydrogens (tertiary/aromatic N) is 1. The van der Waals surface area contributed by atoms with Crippen LogP contribution >= 0.6 is 0 Å².